The van der Waals surface area contributed by atoms with E-state index in [2.05, 4.69) is 19.6 Å². The fourth-order valence-corrected chi connectivity index (χ4v) is 6.89. The van der Waals surface area contributed by atoms with E-state index < -0.39 is 38.7 Å². The van der Waals surface area contributed by atoms with Crippen molar-refractivity contribution in [3.8, 4) is 0 Å². The third-order valence-electron chi connectivity index (χ3n) is 7.03. The number of carbonyl (C=O) groups is 1. The molecule has 2 aromatic heterocycles. The Bertz CT molecular complexity index is 1560. The van der Waals surface area contributed by atoms with Gasteiger partial charge in [0.25, 0.3) is 10.0 Å². The molecule has 0 saturated carbocycles. The number of anilines is 3. The van der Waals surface area contributed by atoms with Gasteiger partial charge in [-0.05, 0) is 31.0 Å². The number of likely N-dealkylation sites (N-methyl/N-ethyl adjacent to an activating group) is 1. The van der Waals surface area contributed by atoms with Crippen molar-refractivity contribution in [2.24, 2.45) is 0 Å². The van der Waals surface area contributed by atoms with Crippen molar-refractivity contribution in [1.29, 1.82) is 0 Å². The second kappa shape index (κ2) is 11.8. The van der Waals surface area contributed by atoms with Crippen LogP contribution in [0, 0.1) is 5.82 Å². The molecule has 17 heteroatoms. The number of sulfonamides is 1. The molecular weight excluding hydrogens is 624 g/mol. The molecule has 2 fully saturated rings. The predicted molar refractivity (Wildman–Crippen MR) is 148 cm³/mol. The lowest BCUT2D eigenvalue weighted by atomic mass is 10.2. The van der Waals surface area contributed by atoms with Gasteiger partial charge in [0.15, 0.2) is 5.82 Å². The maximum Gasteiger partial charge on any atom is 0.493 e. The largest absolute Gasteiger partial charge is 0.493 e. The Morgan fingerprint density at radius 1 is 1.24 bits per heavy atom. The fourth-order valence-electron chi connectivity index (χ4n) is 4.69. The van der Waals surface area contributed by atoms with Crippen LogP contribution in [0.2, 0.25) is 5.02 Å². The van der Waals surface area contributed by atoms with E-state index in [-0.39, 0.29) is 21.2 Å². The van der Waals surface area contributed by atoms with Gasteiger partial charge in [0.2, 0.25) is 0 Å². The number of nitrogens with zero attached hydrogens (tertiary/aromatic N) is 6. The number of hydrogen-bond donors (Lipinski definition) is 0. The van der Waals surface area contributed by atoms with Gasteiger partial charge in [-0.1, -0.05) is 22.1 Å². The Labute approximate surface area is 248 Å². The van der Waals surface area contributed by atoms with Gasteiger partial charge in [-0.15, -0.1) is 11.3 Å². The highest BCUT2D eigenvalue weighted by Crippen LogP contribution is 2.36. The lowest BCUT2D eigenvalue weighted by Gasteiger charge is -2.32. The van der Waals surface area contributed by atoms with Crippen LogP contribution in [0.5, 0.6) is 0 Å². The van der Waals surface area contributed by atoms with Crippen LogP contribution < -0.4 is 14.3 Å². The van der Waals surface area contributed by atoms with E-state index in [0.717, 1.165) is 71.9 Å². The quantitative estimate of drug-likeness (QED) is 0.246. The molecular formula is C25H25ClF4N6O4S2. The number of carbonyl (C=O) groups excluding carboxylic acids is 1. The Morgan fingerprint density at radius 2 is 2.00 bits per heavy atom. The van der Waals surface area contributed by atoms with Crippen molar-refractivity contribution in [3.05, 3.63) is 57.8 Å². The van der Waals surface area contributed by atoms with Gasteiger partial charge < -0.3 is 14.6 Å². The minimum absolute atomic E-state index is 0.0952. The summed E-state index contributed by atoms with van der Waals surface area (Å²) in [5.74, 6) is -3.84. The van der Waals surface area contributed by atoms with Crippen LogP contribution in [0.25, 0.3) is 0 Å². The van der Waals surface area contributed by atoms with E-state index in [1.165, 1.54) is 0 Å². The Morgan fingerprint density at radius 3 is 2.64 bits per heavy atom. The van der Waals surface area contributed by atoms with Gasteiger partial charge in [-0.25, -0.2) is 19.2 Å². The molecule has 0 aliphatic carbocycles. The summed E-state index contributed by atoms with van der Waals surface area (Å²) in [6.07, 6.45) is -3.65. The third kappa shape index (κ3) is 6.26. The van der Waals surface area contributed by atoms with E-state index >= 15 is 4.39 Å². The van der Waals surface area contributed by atoms with Gasteiger partial charge in [0.05, 0.1) is 21.9 Å². The van der Waals surface area contributed by atoms with E-state index in [1.54, 1.807) is 11.9 Å². The molecule has 0 amide bonds. The van der Waals surface area contributed by atoms with Crippen LogP contribution in [-0.2, 0) is 26.2 Å². The van der Waals surface area contributed by atoms with Crippen LogP contribution in [0.1, 0.15) is 18.5 Å². The zero-order chi connectivity index (χ0) is 30.2. The number of pyridine rings is 1. The highest BCUT2D eigenvalue weighted by molar-refractivity contribution is 7.92. The molecule has 0 bridgehead atoms. The zero-order valence-corrected chi connectivity index (χ0v) is 24.5. The van der Waals surface area contributed by atoms with Crippen molar-refractivity contribution >= 4 is 56.3 Å². The minimum atomic E-state index is -5.52. The number of benzene rings is 1. The van der Waals surface area contributed by atoms with Gasteiger partial charge in [0, 0.05) is 57.3 Å². The molecule has 2 aliphatic heterocycles. The molecule has 10 nitrogen and oxygen atoms in total. The van der Waals surface area contributed by atoms with Gasteiger partial charge in [0.1, 0.15) is 16.5 Å². The average Bonchev–Trinajstić information content (AvgIpc) is 3.59. The highest BCUT2D eigenvalue weighted by atomic mass is 35.5. The number of halogens is 5. The number of aromatic nitrogens is 2. The van der Waals surface area contributed by atoms with Crippen LogP contribution in [0.3, 0.4) is 0 Å². The molecule has 0 radical (unpaired) electrons. The first kappa shape index (κ1) is 30.3. The van der Waals surface area contributed by atoms with Gasteiger partial charge in [-0.3, -0.25) is 4.90 Å². The summed E-state index contributed by atoms with van der Waals surface area (Å²) in [6.45, 7) is 3.95. The van der Waals surface area contributed by atoms with Crippen LogP contribution in [0.15, 0.2) is 46.1 Å². The third-order valence-corrected chi connectivity index (χ3v) is 9.48. The monoisotopic (exact) mass is 648 g/mol. The molecule has 0 N–H and O–H groups in total. The van der Waals surface area contributed by atoms with Crippen molar-refractivity contribution in [1.82, 2.24) is 14.9 Å². The molecule has 4 heterocycles. The smallest absolute Gasteiger partial charge is 0.369 e. The summed E-state index contributed by atoms with van der Waals surface area (Å²) < 4.78 is 80.0. The summed E-state index contributed by atoms with van der Waals surface area (Å²) in [7, 11) is -3.51. The summed E-state index contributed by atoms with van der Waals surface area (Å²) in [5.41, 5.74) is 2.22. The molecule has 2 saturated heterocycles. The lowest BCUT2D eigenvalue weighted by Crippen LogP contribution is -2.39. The maximum absolute atomic E-state index is 15.4. The first-order valence-electron chi connectivity index (χ1n) is 12.7. The van der Waals surface area contributed by atoms with E-state index in [9.17, 15) is 26.4 Å². The van der Waals surface area contributed by atoms with Gasteiger partial charge in [-0.2, -0.15) is 21.6 Å². The molecule has 5 rings (SSSR count). The number of alkyl halides is 3. The Kier molecular flexibility index (Phi) is 8.51. The van der Waals surface area contributed by atoms with Crippen molar-refractivity contribution < 1.29 is 35.6 Å². The predicted octanol–water partition coefficient (Wildman–Crippen LogP) is 4.47. The topological polar surface area (TPSA) is 99.2 Å². The Balaban J connectivity index is 1.32. The van der Waals surface area contributed by atoms with Crippen molar-refractivity contribution in [3.63, 3.8) is 0 Å². The second-order valence-electron chi connectivity index (χ2n) is 9.81. The summed E-state index contributed by atoms with van der Waals surface area (Å²) >= 11 is 7.22. The lowest BCUT2D eigenvalue weighted by molar-refractivity contribution is -0.199. The van der Waals surface area contributed by atoms with Crippen LogP contribution >= 0.6 is 22.9 Å². The molecule has 3 aromatic rings. The molecule has 2 aliphatic rings. The minimum Gasteiger partial charge on any atom is -0.369 e. The maximum atomic E-state index is 15.4. The van der Waals surface area contributed by atoms with Crippen molar-refractivity contribution in [2.45, 2.75) is 36.5 Å². The second-order valence-corrected chi connectivity index (χ2v) is 12.7. The first-order valence-corrected chi connectivity index (χ1v) is 15.5. The summed E-state index contributed by atoms with van der Waals surface area (Å²) in [5, 5.41) is 0.853. The highest BCUT2D eigenvalue weighted by Gasteiger charge is 2.46. The standard InChI is InChI=1S/C25H25ClF4N6O4S2/c1-33(17-6-9-34(13-17)12-16-4-2-5-22(32-16)35-7-3-8-35)20-11-19(27)21(10-18(20)26)42(38,39)36(23-14-41-15-31-23)40-24(37)25(28,29)30/h2,4-5,10-11,14-15,17H,3,6-9,12-13H2,1H3/t17-/m0/s1. The van der Waals surface area contributed by atoms with Crippen LogP contribution in [-0.4, -0.2) is 74.7 Å². The molecule has 1 aromatic carbocycles. The zero-order valence-electron chi connectivity index (χ0n) is 22.1. The van der Waals surface area contributed by atoms with E-state index in [0.29, 0.717) is 19.5 Å². The molecule has 1 atom stereocenters. The molecule has 0 unspecified atom stereocenters. The number of likely N-dealkylation sites (tertiary alicyclic amines) is 1. The number of thiazole rings is 1. The summed E-state index contributed by atoms with van der Waals surface area (Å²) in [4.78, 5) is 29.0. The molecule has 42 heavy (non-hydrogen) atoms. The van der Waals surface area contributed by atoms with E-state index in [1.807, 2.05) is 18.2 Å². The number of rotatable bonds is 9. The summed E-state index contributed by atoms with van der Waals surface area (Å²) in [6, 6.07) is 7.50. The average molecular weight is 649 g/mol. The Hall–Kier alpha value is -3.21. The van der Waals surface area contributed by atoms with Crippen LogP contribution in [0.4, 0.5) is 34.9 Å². The SMILES string of the molecule is CN(c1cc(F)c(S(=O)(=O)N(OC(=O)C(F)(F)F)c2cscn2)cc1Cl)[C@H]1CCN(Cc2cccc(N3CCC3)n2)C1. The fraction of sp³-hybridized carbons (Fsp3) is 0.400. The first-order chi connectivity index (χ1) is 19.8. The normalized spacial score (nSPS) is 17.7. The van der Waals surface area contributed by atoms with Crippen molar-refractivity contribution in [2.75, 3.05) is 47.5 Å². The van der Waals surface area contributed by atoms with Gasteiger partial charge >= 0.3 is 12.1 Å². The number of hydrogen-bond acceptors (Lipinski definition) is 10. The molecule has 226 valence electrons. The van der Waals surface area contributed by atoms with E-state index in [4.69, 9.17) is 16.6 Å². The molecule has 0 spiro atoms.